The van der Waals surface area contributed by atoms with Gasteiger partial charge in [0.2, 0.25) is 5.91 Å². The van der Waals surface area contributed by atoms with E-state index < -0.39 is 0 Å². The minimum absolute atomic E-state index is 0.177. The summed E-state index contributed by atoms with van der Waals surface area (Å²) in [5.74, 6) is 1.49. The molecule has 3 aliphatic heterocycles. The molecule has 1 atom stereocenters. The summed E-state index contributed by atoms with van der Waals surface area (Å²) in [5, 5.41) is 0. The van der Waals surface area contributed by atoms with Crippen molar-refractivity contribution in [3.8, 4) is 5.75 Å². The number of benzene rings is 1. The first-order valence-corrected chi connectivity index (χ1v) is 10.7. The zero-order valence-electron chi connectivity index (χ0n) is 16.9. The maximum absolute atomic E-state index is 13.1. The molecule has 0 aliphatic carbocycles. The molecule has 1 aromatic carbocycles. The molecule has 28 heavy (non-hydrogen) atoms. The van der Waals surface area contributed by atoms with Gasteiger partial charge in [-0.05, 0) is 50.9 Å². The fraction of sp³-hybridized carbons (Fsp3) is 0.609. The van der Waals surface area contributed by atoms with Crippen LogP contribution in [0, 0.1) is 5.92 Å². The van der Waals surface area contributed by atoms with E-state index >= 15 is 0 Å². The van der Waals surface area contributed by atoms with Crippen molar-refractivity contribution in [3.63, 3.8) is 0 Å². The van der Waals surface area contributed by atoms with Crippen LogP contribution in [-0.4, -0.2) is 67.7 Å². The maximum Gasteiger partial charge on any atom is 0.225 e. The fourth-order valence-electron chi connectivity index (χ4n) is 4.71. The molecule has 0 radical (unpaired) electrons. The van der Waals surface area contributed by atoms with Crippen LogP contribution in [0.25, 0.3) is 6.08 Å². The predicted octanol–water partition coefficient (Wildman–Crippen LogP) is 3.20. The van der Waals surface area contributed by atoms with E-state index in [2.05, 4.69) is 28.0 Å². The highest BCUT2D eigenvalue weighted by molar-refractivity contribution is 5.79. The van der Waals surface area contributed by atoms with Gasteiger partial charge in [0, 0.05) is 44.6 Å². The Morgan fingerprint density at radius 3 is 2.82 bits per heavy atom. The number of carbonyl (C=O) groups excluding carboxylic acids is 1. The van der Waals surface area contributed by atoms with Gasteiger partial charge in [0.25, 0.3) is 0 Å². The molecule has 2 fully saturated rings. The SMILES string of the molecule is COCCN1CCC(C(=O)N2CCCC3(C=Cc4ccccc4O3)CC2)CC1. The van der Waals surface area contributed by atoms with Gasteiger partial charge in [-0.25, -0.2) is 0 Å². The molecule has 1 amide bonds. The van der Waals surface area contributed by atoms with Gasteiger partial charge >= 0.3 is 0 Å². The average Bonchev–Trinajstić information content (AvgIpc) is 2.94. The Kier molecular flexibility index (Phi) is 6.02. The first-order valence-electron chi connectivity index (χ1n) is 10.7. The molecule has 0 saturated carbocycles. The first-order chi connectivity index (χ1) is 13.7. The van der Waals surface area contributed by atoms with Gasteiger partial charge in [-0.2, -0.15) is 0 Å². The summed E-state index contributed by atoms with van der Waals surface area (Å²) < 4.78 is 11.6. The van der Waals surface area contributed by atoms with Gasteiger partial charge in [-0.15, -0.1) is 0 Å². The smallest absolute Gasteiger partial charge is 0.225 e. The molecule has 5 nitrogen and oxygen atoms in total. The largest absolute Gasteiger partial charge is 0.483 e. The van der Waals surface area contributed by atoms with E-state index in [1.165, 1.54) is 0 Å². The zero-order chi connectivity index (χ0) is 19.4. The molecule has 1 spiro atoms. The Hall–Kier alpha value is -1.85. The number of piperidine rings is 1. The lowest BCUT2D eigenvalue weighted by atomic mass is 9.91. The standard InChI is InChI=1S/C23H32N2O3/c1-27-18-17-24-14-8-20(9-15-24)22(26)25-13-4-10-23(12-16-25)11-7-19-5-2-3-6-21(19)28-23/h2-3,5-7,11,20H,4,8-10,12-18H2,1H3. The zero-order valence-corrected chi connectivity index (χ0v) is 16.9. The van der Waals surface area contributed by atoms with E-state index in [-0.39, 0.29) is 11.5 Å². The number of para-hydroxylation sites is 1. The van der Waals surface area contributed by atoms with Gasteiger partial charge in [-0.3, -0.25) is 4.79 Å². The van der Waals surface area contributed by atoms with E-state index in [1.54, 1.807) is 7.11 Å². The molecule has 1 aromatic rings. The van der Waals surface area contributed by atoms with E-state index in [1.807, 2.05) is 18.2 Å². The van der Waals surface area contributed by atoms with Crippen LogP contribution in [0.3, 0.4) is 0 Å². The molecule has 0 N–H and O–H groups in total. The van der Waals surface area contributed by atoms with E-state index in [0.29, 0.717) is 5.91 Å². The Bertz CT molecular complexity index is 712. The summed E-state index contributed by atoms with van der Waals surface area (Å²) in [4.78, 5) is 17.6. The number of hydrogen-bond acceptors (Lipinski definition) is 4. The molecule has 5 heteroatoms. The second-order valence-electron chi connectivity index (χ2n) is 8.33. The number of fused-ring (bicyclic) bond motifs is 1. The van der Waals surface area contributed by atoms with Gasteiger partial charge in [0.05, 0.1) is 6.61 Å². The van der Waals surface area contributed by atoms with Crippen LogP contribution in [0.1, 0.15) is 37.7 Å². The Morgan fingerprint density at radius 1 is 1.18 bits per heavy atom. The number of methoxy groups -OCH3 is 1. The molecule has 2 saturated heterocycles. The van der Waals surface area contributed by atoms with Crippen LogP contribution in [0.2, 0.25) is 0 Å². The average molecular weight is 385 g/mol. The minimum atomic E-state index is -0.257. The lowest BCUT2D eigenvalue weighted by molar-refractivity contribution is -0.137. The molecular weight excluding hydrogens is 352 g/mol. The Labute approximate surface area is 168 Å². The van der Waals surface area contributed by atoms with Crippen molar-refractivity contribution >= 4 is 12.0 Å². The van der Waals surface area contributed by atoms with Crippen molar-refractivity contribution in [2.45, 2.75) is 37.7 Å². The molecule has 0 aromatic heterocycles. The summed E-state index contributed by atoms with van der Waals surface area (Å²) >= 11 is 0. The number of likely N-dealkylation sites (tertiary alicyclic amines) is 2. The molecule has 152 valence electrons. The van der Waals surface area contributed by atoms with Crippen molar-refractivity contribution < 1.29 is 14.3 Å². The number of amides is 1. The molecule has 1 unspecified atom stereocenters. The Morgan fingerprint density at radius 2 is 2.00 bits per heavy atom. The monoisotopic (exact) mass is 384 g/mol. The van der Waals surface area contributed by atoms with Crippen LogP contribution in [0.4, 0.5) is 0 Å². The van der Waals surface area contributed by atoms with Crippen molar-refractivity contribution in [1.29, 1.82) is 0 Å². The quantitative estimate of drug-likeness (QED) is 0.800. The number of nitrogens with zero attached hydrogens (tertiary/aromatic N) is 2. The maximum atomic E-state index is 13.1. The molecule has 3 heterocycles. The molecule has 3 aliphatic rings. The number of carbonyl (C=O) groups is 1. The summed E-state index contributed by atoms with van der Waals surface area (Å²) in [6, 6.07) is 8.20. The van der Waals surface area contributed by atoms with Gasteiger partial charge in [-0.1, -0.05) is 24.3 Å². The highest BCUT2D eigenvalue weighted by Gasteiger charge is 2.37. The van der Waals surface area contributed by atoms with Crippen LogP contribution >= 0.6 is 0 Å². The minimum Gasteiger partial charge on any atom is -0.483 e. The van der Waals surface area contributed by atoms with Crippen molar-refractivity contribution in [2.75, 3.05) is 46.4 Å². The van der Waals surface area contributed by atoms with E-state index in [4.69, 9.17) is 9.47 Å². The van der Waals surface area contributed by atoms with Gasteiger partial charge in [0.15, 0.2) is 0 Å². The summed E-state index contributed by atoms with van der Waals surface area (Å²) in [7, 11) is 1.74. The second kappa shape index (κ2) is 8.66. The van der Waals surface area contributed by atoms with E-state index in [0.717, 1.165) is 82.7 Å². The lowest BCUT2D eigenvalue weighted by Crippen LogP contribution is -2.44. The fourth-order valence-corrected chi connectivity index (χ4v) is 4.71. The van der Waals surface area contributed by atoms with Crippen LogP contribution in [0.15, 0.2) is 30.3 Å². The first kappa shape index (κ1) is 19.5. The normalized spacial score (nSPS) is 26.0. The second-order valence-corrected chi connectivity index (χ2v) is 8.33. The number of hydrogen-bond donors (Lipinski definition) is 0. The summed E-state index contributed by atoms with van der Waals surface area (Å²) in [5.41, 5.74) is 0.887. The number of ether oxygens (including phenoxy) is 2. The molecule has 4 rings (SSSR count). The van der Waals surface area contributed by atoms with Crippen LogP contribution in [0.5, 0.6) is 5.75 Å². The van der Waals surface area contributed by atoms with Crippen LogP contribution < -0.4 is 4.74 Å². The summed E-state index contributed by atoms with van der Waals surface area (Å²) in [6.45, 7) is 5.37. The third-order valence-electron chi connectivity index (χ3n) is 6.49. The lowest BCUT2D eigenvalue weighted by Gasteiger charge is -2.35. The van der Waals surface area contributed by atoms with Crippen molar-refractivity contribution in [1.82, 2.24) is 9.80 Å². The number of rotatable bonds is 4. The Balaban J connectivity index is 1.33. The highest BCUT2D eigenvalue weighted by Crippen LogP contribution is 2.37. The summed E-state index contributed by atoms with van der Waals surface area (Å²) in [6.07, 6.45) is 9.17. The van der Waals surface area contributed by atoms with Crippen molar-refractivity contribution in [2.24, 2.45) is 5.92 Å². The third kappa shape index (κ3) is 4.26. The molecular formula is C23H32N2O3. The third-order valence-corrected chi connectivity index (χ3v) is 6.49. The van der Waals surface area contributed by atoms with E-state index in [9.17, 15) is 4.79 Å². The molecule has 0 bridgehead atoms. The van der Waals surface area contributed by atoms with Crippen LogP contribution in [-0.2, 0) is 9.53 Å². The van der Waals surface area contributed by atoms with Gasteiger partial charge < -0.3 is 19.3 Å². The topological polar surface area (TPSA) is 42.0 Å². The van der Waals surface area contributed by atoms with Gasteiger partial charge in [0.1, 0.15) is 11.4 Å². The predicted molar refractivity (Wildman–Crippen MR) is 110 cm³/mol. The van der Waals surface area contributed by atoms with Crippen molar-refractivity contribution in [3.05, 3.63) is 35.9 Å². The highest BCUT2D eigenvalue weighted by atomic mass is 16.5.